The summed E-state index contributed by atoms with van der Waals surface area (Å²) in [5.41, 5.74) is -0.388. The third-order valence-electron chi connectivity index (χ3n) is 5.62. The van der Waals surface area contributed by atoms with Gasteiger partial charge in [-0.2, -0.15) is 0 Å². The smallest absolute Gasteiger partial charge is 0.312 e. The molecule has 0 radical (unpaired) electrons. The second kappa shape index (κ2) is 14.0. The first-order valence-corrected chi connectivity index (χ1v) is 11.4. The first-order valence-electron chi connectivity index (χ1n) is 11.4. The van der Waals surface area contributed by atoms with Gasteiger partial charge in [-0.05, 0) is 52.4 Å². The minimum Gasteiger partial charge on any atom is -0.463 e. The predicted molar refractivity (Wildman–Crippen MR) is 116 cm³/mol. The van der Waals surface area contributed by atoms with Crippen LogP contribution in [0, 0.1) is 17.3 Å². The summed E-state index contributed by atoms with van der Waals surface area (Å²) in [5, 5.41) is 0. The molecule has 0 saturated heterocycles. The van der Waals surface area contributed by atoms with E-state index in [2.05, 4.69) is 27.7 Å². The lowest BCUT2D eigenvalue weighted by Crippen LogP contribution is -2.43. The molecule has 0 bridgehead atoms. The van der Waals surface area contributed by atoms with Crippen LogP contribution < -0.4 is 0 Å². The Bertz CT molecular complexity index is 430. The van der Waals surface area contributed by atoms with Crippen LogP contribution in [0.2, 0.25) is 0 Å². The number of hydrogen-bond donors (Lipinski definition) is 0. The zero-order valence-corrected chi connectivity index (χ0v) is 19.8. The van der Waals surface area contributed by atoms with Crippen molar-refractivity contribution in [3.05, 3.63) is 0 Å². The third kappa shape index (κ3) is 9.93. The van der Waals surface area contributed by atoms with Gasteiger partial charge in [0, 0.05) is 6.42 Å². The zero-order chi connectivity index (χ0) is 21.7. The Morgan fingerprint density at radius 1 is 0.643 bits per heavy atom. The summed E-state index contributed by atoms with van der Waals surface area (Å²) in [6.07, 6.45) is 9.06. The van der Waals surface area contributed by atoms with Crippen LogP contribution >= 0.6 is 0 Å². The summed E-state index contributed by atoms with van der Waals surface area (Å²) >= 11 is 0. The Morgan fingerprint density at radius 2 is 1.07 bits per heavy atom. The average Bonchev–Trinajstić information content (AvgIpc) is 2.54. The Labute approximate surface area is 174 Å². The van der Waals surface area contributed by atoms with Gasteiger partial charge in [-0.25, -0.2) is 0 Å². The minimum absolute atomic E-state index is 0.0193. The Hall–Kier alpha value is -1.06. The fourth-order valence-corrected chi connectivity index (χ4v) is 4.03. The molecule has 0 aromatic carbocycles. The highest BCUT2D eigenvalue weighted by atomic mass is 16.5. The molecule has 0 spiro atoms. The highest BCUT2D eigenvalue weighted by Gasteiger charge is 2.45. The molecule has 4 nitrogen and oxygen atoms in total. The van der Waals surface area contributed by atoms with Gasteiger partial charge in [0.2, 0.25) is 0 Å². The molecule has 166 valence electrons. The van der Waals surface area contributed by atoms with Crippen LogP contribution in [0.25, 0.3) is 0 Å². The maximum atomic E-state index is 12.9. The van der Waals surface area contributed by atoms with Crippen molar-refractivity contribution in [2.45, 2.75) is 125 Å². The van der Waals surface area contributed by atoms with Gasteiger partial charge in [-0.1, -0.05) is 66.2 Å². The van der Waals surface area contributed by atoms with Crippen LogP contribution in [-0.4, -0.2) is 24.1 Å². The van der Waals surface area contributed by atoms with E-state index in [1.165, 1.54) is 12.8 Å². The Kier molecular flexibility index (Phi) is 13.5. The maximum Gasteiger partial charge on any atom is 0.312 e. The van der Waals surface area contributed by atoms with Gasteiger partial charge in [0.05, 0.1) is 17.6 Å². The highest BCUT2D eigenvalue weighted by molar-refractivity contribution is 5.77. The molecule has 0 aliphatic carbocycles. The molecular weight excluding hydrogens is 352 g/mol. The molecule has 0 N–H and O–H groups in total. The number of rotatable bonds is 15. The van der Waals surface area contributed by atoms with Gasteiger partial charge in [0.15, 0.2) is 0 Å². The second-order valence-corrected chi connectivity index (χ2v) is 9.32. The molecule has 0 aromatic heterocycles. The maximum absolute atomic E-state index is 12.9. The van der Waals surface area contributed by atoms with E-state index in [1.807, 2.05) is 27.7 Å². The first-order chi connectivity index (χ1) is 13.0. The number of esters is 2. The number of unbranched alkanes of at least 4 members (excludes halogenated alkanes) is 6. The first kappa shape index (κ1) is 26.9. The van der Waals surface area contributed by atoms with Crippen LogP contribution in [0.4, 0.5) is 0 Å². The van der Waals surface area contributed by atoms with Crippen LogP contribution in [0.5, 0.6) is 0 Å². The van der Waals surface area contributed by atoms with Crippen LogP contribution in [0.1, 0.15) is 113 Å². The summed E-state index contributed by atoms with van der Waals surface area (Å²) in [5.74, 6) is 0.427. The molecule has 0 saturated carbocycles. The molecular formula is C24H46O4. The fourth-order valence-electron chi connectivity index (χ4n) is 4.03. The zero-order valence-electron chi connectivity index (χ0n) is 19.8. The summed E-state index contributed by atoms with van der Waals surface area (Å²) < 4.78 is 10.8. The molecule has 4 heteroatoms. The monoisotopic (exact) mass is 398 g/mol. The van der Waals surface area contributed by atoms with Gasteiger partial charge in [0.1, 0.15) is 0 Å². The van der Waals surface area contributed by atoms with E-state index in [0.29, 0.717) is 6.42 Å². The number of carbonyl (C=O) groups excluding carboxylic acids is 2. The highest BCUT2D eigenvalue weighted by Crippen LogP contribution is 2.42. The molecule has 28 heavy (non-hydrogen) atoms. The van der Waals surface area contributed by atoms with Gasteiger partial charge in [-0.15, -0.1) is 0 Å². The van der Waals surface area contributed by atoms with Crippen molar-refractivity contribution in [1.82, 2.24) is 0 Å². The Morgan fingerprint density at radius 3 is 1.50 bits per heavy atom. The summed E-state index contributed by atoms with van der Waals surface area (Å²) in [6, 6.07) is 0. The van der Waals surface area contributed by atoms with Gasteiger partial charge < -0.3 is 9.47 Å². The van der Waals surface area contributed by atoms with Crippen molar-refractivity contribution < 1.29 is 19.1 Å². The van der Waals surface area contributed by atoms with Crippen molar-refractivity contribution in [2.75, 3.05) is 0 Å². The number of ether oxygens (including phenoxy) is 2. The quantitative estimate of drug-likeness (QED) is 0.227. The van der Waals surface area contributed by atoms with E-state index in [0.717, 1.165) is 38.5 Å². The molecule has 0 aliphatic heterocycles. The SMILES string of the molecule is CC(C)OC(=O)CCCCCCCCCC(C(=O)OC(C)C)(C(C)C)C(C)C. The molecule has 0 rings (SSSR count). The number of hydrogen-bond acceptors (Lipinski definition) is 4. The summed E-state index contributed by atoms with van der Waals surface area (Å²) in [6.45, 7) is 16.2. The van der Waals surface area contributed by atoms with Crippen molar-refractivity contribution in [2.24, 2.45) is 17.3 Å². The van der Waals surface area contributed by atoms with Gasteiger partial charge >= 0.3 is 11.9 Å². The molecule has 0 heterocycles. The molecule has 0 amide bonds. The molecule has 0 aliphatic rings. The van der Waals surface area contributed by atoms with Crippen molar-refractivity contribution >= 4 is 11.9 Å². The van der Waals surface area contributed by atoms with E-state index in [4.69, 9.17) is 9.47 Å². The van der Waals surface area contributed by atoms with E-state index in [-0.39, 0.29) is 41.4 Å². The standard InChI is InChI=1S/C24H46O4/c1-18(2)24(19(3)4,23(26)28-21(7)8)17-15-13-11-9-10-12-14-16-22(25)27-20(5)6/h18-21H,9-17H2,1-8H3. The molecule has 0 aromatic rings. The predicted octanol–water partition coefficient (Wildman–Crippen LogP) is 6.70. The minimum atomic E-state index is -0.388. The molecule has 0 atom stereocenters. The topological polar surface area (TPSA) is 52.6 Å². The lowest BCUT2D eigenvalue weighted by molar-refractivity contribution is -0.167. The molecule has 0 unspecified atom stereocenters. The third-order valence-corrected chi connectivity index (χ3v) is 5.62. The fraction of sp³-hybridized carbons (Fsp3) is 0.917. The lowest BCUT2D eigenvalue weighted by Gasteiger charge is -2.39. The number of carbonyl (C=O) groups is 2. The van der Waals surface area contributed by atoms with Crippen LogP contribution in [0.15, 0.2) is 0 Å². The van der Waals surface area contributed by atoms with Crippen molar-refractivity contribution in [3.8, 4) is 0 Å². The van der Waals surface area contributed by atoms with Crippen molar-refractivity contribution in [1.29, 1.82) is 0 Å². The van der Waals surface area contributed by atoms with E-state index in [1.54, 1.807) is 0 Å². The molecule has 0 fully saturated rings. The van der Waals surface area contributed by atoms with Crippen LogP contribution in [-0.2, 0) is 19.1 Å². The lowest BCUT2D eigenvalue weighted by atomic mass is 9.66. The second-order valence-electron chi connectivity index (χ2n) is 9.32. The normalized spacial score (nSPS) is 12.3. The van der Waals surface area contributed by atoms with E-state index in [9.17, 15) is 9.59 Å². The summed E-state index contributed by atoms with van der Waals surface area (Å²) in [7, 11) is 0. The van der Waals surface area contributed by atoms with E-state index < -0.39 is 0 Å². The van der Waals surface area contributed by atoms with E-state index >= 15 is 0 Å². The van der Waals surface area contributed by atoms with Crippen LogP contribution in [0.3, 0.4) is 0 Å². The largest absolute Gasteiger partial charge is 0.463 e. The summed E-state index contributed by atoms with van der Waals surface area (Å²) in [4.78, 5) is 24.4. The average molecular weight is 399 g/mol. The van der Waals surface area contributed by atoms with Crippen molar-refractivity contribution in [3.63, 3.8) is 0 Å². The van der Waals surface area contributed by atoms with Gasteiger partial charge in [-0.3, -0.25) is 9.59 Å². The Balaban J connectivity index is 4.19. The van der Waals surface area contributed by atoms with Gasteiger partial charge in [0.25, 0.3) is 0 Å².